The topological polar surface area (TPSA) is 68.0 Å². The molecule has 0 aliphatic carbocycles. The third-order valence-electron chi connectivity index (χ3n) is 3.34. The van der Waals surface area contributed by atoms with Crippen LogP contribution in [0.25, 0.3) is 11.3 Å². The number of halogens is 2. The Balaban J connectivity index is 1.93. The molecule has 0 aliphatic heterocycles. The van der Waals surface area contributed by atoms with Crippen molar-refractivity contribution in [2.75, 3.05) is 0 Å². The monoisotopic (exact) mass is 315 g/mol. The molecule has 7 heteroatoms. The van der Waals surface area contributed by atoms with Gasteiger partial charge in [0.05, 0.1) is 24.0 Å². The van der Waals surface area contributed by atoms with Gasteiger partial charge in [-0.3, -0.25) is 0 Å². The van der Waals surface area contributed by atoms with Crippen LogP contribution in [-0.2, 0) is 6.54 Å². The molecule has 0 bridgehead atoms. The highest BCUT2D eigenvalue weighted by Gasteiger charge is 2.11. The zero-order chi connectivity index (χ0) is 16.4. The summed E-state index contributed by atoms with van der Waals surface area (Å²) in [6, 6.07) is 9.94. The fraction of sp³-hybridized carbons (Fsp3) is 0.0625. The van der Waals surface area contributed by atoms with Crippen LogP contribution in [0, 0.1) is 11.6 Å². The maximum atomic E-state index is 13.4. The van der Waals surface area contributed by atoms with Crippen LogP contribution in [0.4, 0.5) is 8.78 Å². The van der Waals surface area contributed by atoms with Crippen LogP contribution in [0.5, 0.6) is 0 Å². The van der Waals surface area contributed by atoms with Gasteiger partial charge in [-0.1, -0.05) is 17.3 Å². The minimum atomic E-state index is -1.02. The highest BCUT2D eigenvalue weighted by Crippen LogP contribution is 2.21. The van der Waals surface area contributed by atoms with Gasteiger partial charge in [0, 0.05) is 5.56 Å². The van der Waals surface area contributed by atoms with Gasteiger partial charge in [-0.25, -0.2) is 18.3 Å². The van der Waals surface area contributed by atoms with E-state index >= 15 is 0 Å². The smallest absolute Gasteiger partial charge is 0.335 e. The maximum Gasteiger partial charge on any atom is 0.335 e. The summed E-state index contributed by atoms with van der Waals surface area (Å²) in [5.74, 6) is -2.91. The Labute approximate surface area is 129 Å². The number of benzene rings is 2. The van der Waals surface area contributed by atoms with E-state index in [9.17, 15) is 13.6 Å². The largest absolute Gasteiger partial charge is 0.478 e. The fourth-order valence-electron chi connectivity index (χ4n) is 2.23. The molecule has 0 amide bonds. The summed E-state index contributed by atoms with van der Waals surface area (Å²) in [6.07, 6.45) is 1.44. The van der Waals surface area contributed by atoms with Crippen LogP contribution < -0.4 is 0 Å². The van der Waals surface area contributed by atoms with E-state index in [1.807, 2.05) is 0 Å². The molecule has 23 heavy (non-hydrogen) atoms. The van der Waals surface area contributed by atoms with Crippen LogP contribution in [0.3, 0.4) is 0 Å². The van der Waals surface area contributed by atoms with Crippen molar-refractivity contribution in [1.82, 2.24) is 15.0 Å². The Hall–Kier alpha value is -3.09. The summed E-state index contributed by atoms with van der Waals surface area (Å²) < 4.78 is 27.9. The molecule has 1 aromatic heterocycles. The molecule has 0 saturated heterocycles. The lowest BCUT2D eigenvalue weighted by molar-refractivity contribution is 0.0696. The molecule has 3 aromatic rings. The Kier molecular flexibility index (Phi) is 3.84. The Morgan fingerprint density at radius 2 is 1.96 bits per heavy atom. The summed E-state index contributed by atoms with van der Waals surface area (Å²) in [5.41, 5.74) is 1.81. The Morgan fingerprint density at radius 3 is 2.70 bits per heavy atom. The second-order valence-electron chi connectivity index (χ2n) is 4.91. The van der Waals surface area contributed by atoms with Gasteiger partial charge in [-0.2, -0.15) is 0 Å². The second-order valence-corrected chi connectivity index (χ2v) is 4.91. The van der Waals surface area contributed by atoms with Crippen molar-refractivity contribution >= 4 is 5.97 Å². The summed E-state index contributed by atoms with van der Waals surface area (Å²) in [5, 5.41) is 16.7. The molecule has 0 spiro atoms. The van der Waals surface area contributed by atoms with Crippen molar-refractivity contribution in [3.05, 3.63) is 71.4 Å². The first-order valence-corrected chi connectivity index (χ1v) is 6.71. The van der Waals surface area contributed by atoms with Gasteiger partial charge in [0.15, 0.2) is 11.6 Å². The number of hydrogen-bond donors (Lipinski definition) is 1. The molecule has 1 heterocycles. The highest BCUT2D eigenvalue weighted by molar-refractivity contribution is 5.87. The van der Waals surface area contributed by atoms with Crippen molar-refractivity contribution in [3.63, 3.8) is 0 Å². The van der Waals surface area contributed by atoms with Crippen LogP contribution in [0.2, 0.25) is 0 Å². The molecule has 0 radical (unpaired) electrons. The normalized spacial score (nSPS) is 10.7. The van der Waals surface area contributed by atoms with E-state index < -0.39 is 17.6 Å². The lowest BCUT2D eigenvalue weighted by atomic mass is 10.1. The number of rotatable bonds is 4. The predicted octanol–water partition coefficient (Wildman–Crippen LogP) is 2.97. The van der Waals surface area contributed by atoms with Crippen molar-refractivity contribution in [1.29, 1.82) is 0 Å². The molecule has 0 aliphatic rings. The zero-order valence-electron chi connectivity index (χ0n) is 11.8. The van der Waals surface area contributed by atoms with Gasteiger partial charge in [0.1, 0.15) is 0 Å². The summed E-state index contributed by atoms with van der Waals surface area (Å²) in [7, 11) is 0. The Morgan fingerprint density at radius 1 is 1.13 bits per heavy atom. The second kappa shape index (κ2) is 5.96. The molecule has 116 valence electrons. The van der Waals surface area contributed by atoms with Crippen molar-refractivity contribution in [2.24, 2.45) is 0 Å². The first kappa shape index (κ1) is 14.8. The number of aromatic carboxylic acids is 1. The fourth-order valence-corrected chi connectivity index (χ4v) is 2.23. The number of nitrogens with zero attached hydrogens (tertiary/aromatic N) is 3. The van der Waals surface area contributed by atoms with Gasteiger partial charge in [0.2, 0.25) is 0 Å². The standard InChI is InChI=1S/C16H11F2N3O2/c17-13-5-4-11(7-14(13)18)15-8-19-20-21(15)9-10-2-1-3-12(6-10)16(22)23/h1-8H,9H2,(H,22,23). The predicted molar refractivity (Wildman–Crippen MR) is 77.9 cm³/mol. The van der Waals surface area contributed by atoms with E-state index in [4.69, 9.17) is 5.11 Å². The van der Waals surface area contributed by atoms with E-state index in [1.54, 1.807) is 12.1 Å². The lowest BCUT2D eigenvalue weighted by Crippen LogP contribution is -2.06. The number of hydrogen-bond acceptors (Lipinski definition) is 3. The first-order valence-electron chi connectivity index (χ1n) is 6.71. The Bertz CT molecular complexity index is 877. The van der Waals surface area contributed by atoms with E-state index in [-0.39, 0.29) is 12.1 Å². The van der Waals surface area contributed by atoms with E-state index in [1.165, 1.54) is 29.1 Å². The maximum absolute atomic E-state index is 13.4. The SMILES string of the molecule is O=C(O)c1cccc(Cn2nncc2-c2ccc(F)c(F)c2)c1. The van der Waals surface area contributed by atoms with E-state index in [0.717, 1.165) is 12.1 Å². The lowest BCUT2D eigenvalue weighted by Gasteiger charge is -2.07. The van der Waals surface area contributed by atoms with Crippen LogP contribution in [0.1, 0.15) is 15.9 Å². The van der Waals surface area contributed by atoms with Crippen LogP contribution in [0.15, 0.2) is 48.7 Å². The molecule has 5 nitrogen and oxygen atoms in total. The van der Waals surface area contributed by atoms with Crippen LogP contribution in [-0.4, -0.2) is 26.1 Å². The zero-order valence-corrected chi connectivity index (χ0v) is 11.8. The molecule has 2 aromatic carbocycles. The molecular formula is C16H11F2N3O2. The molecule has 0 unspecified atom stereocenters. The van der Waals surface area contributed by atoms with Crippen molar-refractivity contribution in [2.45, 2.75) is 6.54 Å². The molecule has 3 rings (SSSR count). The van der Waals surface area contributed by atoms with Crippen molar-refractivity contribution < 1.29 is 18.7 Å². The number of carboxylic acid groups (broad SMARTS) is 1. The quantitative estimate of drug-likeness (QED) is 0.803. The summed E-state index contributed by atoms with van der Waals surface area (Å²) in [4.78, 5) is 11.0. The van der Waals surface area contributed by atoms with Crippen molar-refractivity contribution in [3.8, 4) is 11.3 Å². The minimum Gasteiger partial charge on any atom is -0.478 e. The highest BCUT2D eigenvalue weighted by atomic mass is 19.2. The number of carboxylic acids is 1. The number of aromatic nitrogens is 3. The summed E-state index contributed by atoms with van der Waals surface area (Å²) >= 11 is 0. The minimum absolute atomic E-state index is 0.164. The molecular weight excluding hydrogens is 304 g/mol. The molecule has 1 N–H and O–H groups in total. The number of carbonyl (C=O) groups is 1. The van der Waals surface area contributed by atoms with Gasteiger partial charge in [-0.15, -0.1) is 5.10 Å². The summed E-state index contributed by atoms with van der Waals surface area (Å²) in [6.45, 7) is 0.259. The van der Waals surface area contributed by atoms with Crippen LogP contribution >= 0.6 is 0 Å². The molecule has 0 saturated carbocycles. The van der Waals surface area contributed by atoms with Gasteiger partial charge in [0.25, 0.3) is 0 Å². The van der Waals surface area contributed by atoms with E-state index in [0.29, 0.717) is 16.8 Å². The molecule has 0 fully saturated rings. The van der Waals surface area contributed by atoms with Gasteiger partial charge in [-0.05, 0) is 35.9 Å². The van der Waals surface area contributed by atoms with E-state index in [2.05, 4.69) is 10.3 Å². The third kappa shape index (κ3) is 3.08. The average molecular weight is 315 g/mol. The van der Waals surface area contributed by atoms with Gasteiger partial charge < -0.3 is 5.11 Å². The first-order chi connectivity index (χ1) is 11.0. The average Bonchev–Trinajstić information content (AvgIpc) is 2.98. The third-order valence-corrected chi connectivity index (χ3v) is 3.34. The van der Waals surface area contributed by atoms with Gasteiger partial charge >= 0.3 is 5.97 Å². The molecule has 0 atom stereocenters.